The number of hydrogen-bond donors (Lipinski definition) is 0. The largest absolute Gasteiger partial charge is 0.496 e. The van der Waals surface area contributed by atoms with Gasteiger partial charge in [-0.25, -0.2) is 9.97 Å². The number of Topliss-reactive ketones (excluding diaryl/α,β-unsaturated/α-hetero) is 1. The molecule has 2 aromatic rings. The molecule has 6 heteroatoms. The SMILES string of the molecule is COc1cc(C(=O)Cc2cc(Cl)ccc2OC)ncn1. The molecule has 0 aliphatic carbocycles. The maximum absolute atomic E-state index is 12.2. The zero-order valence-corrected chi connectivity index (χ0v) is 11.8. The molecule has 1 aromatic carbocycles. The van der Waals surface area contributed by atoms with Gasteiger partial charge in [-0.05, 0) is 18.2 Å². The Morgan fingerprint density at radius 2 is 2.00 bits per heavy atom. The zero-order valence-electron chi connectivity index (χ0n) is 11.1. The number of carbonyl (C=O) groups excluding carboxylic acids is 1. The number of nitrogens with zero attached hydrogens (tertiary/aromatic N) is 2. The predicted molar refractivity (Wildman–Crippen MR) is 74.6 cm³/mol. The average molecular weight is 293 g/mol. The molecule has 0 saturated heterocycles. The van der Waals surface area contributed by atoms with Gasteiger partial charge in [0.05, 0.1) is 14.2 Å². The molecular weight excluding hydrogens is 280 g/mol. The average Bonchev–Trinajstić information content (AvgIpc) is 2.47. The van der Waals surface area contributed by atoms with Crippen molar-refractivity contribution in [3.05, 3.63) is 46.9 Å². The van der Waals surface area contributed by atoms with Crippen LogP contribution in [0.15, 0.2) is 30.6 Å². The highest BCUT2D eigenvalue weighted by molar-refractivity contribution is 6.30. The number of ketones is 1. The third kappa shape index (κ3) is 3.24. The number of rotatable bonds is 5. The van der Waals surface area contributed by atoms with Crippen LogP contribution in [0.3, 0.4) is 0 Å². The molecule has 1 aromatic heterocycles. The molecule has 5 nitrogen and oxygen atoms in total. The lowest BCUT2D eigenvalue weighted by Gasteiger charge is -2.08. The molecule has 20 heavy (non-hydrogen) atoms. The molecule has 0 saturated carbocycles. The molecule has 0 fully saturated rings. The Morgan fingerprint density at radius 3 is 2.70 bits per heavy atom. The lowest BCUT2D eigenvalue weighted by molar-refractivity contribution is 0.0986. The first-order valence-corrected chi connectivity index (χ1v) is 6.23. The molecule has 0 spiro atoms. The molecular formula is C14H13ClN2O3. The van der Waals surface area contributed by atoms with E-state index in [0.29, 0.717) is 27.9 Å². The summed E-state index contributed by atoms with van der Waals surface area (Å²) in [5.41, 5.74) is 1.00. The Balaban J connectivity index is 2.25. The van der Waals surface area contributed by atoms with Gasteiger partial charge in [0.15, 0.2) is 5.78 Å². The second-order valence-electron chi connectivity index (χ2n) is 4.00. The highest BCUT2D eigenvalue weighted by Gasteiger charge is 2.13. The number of ether oxygens (including phenoxy) is 2. The Bertz CT molecular complexity index is 632. The molecule has 0 amide bonds. The van der Waals surface area contributed by atoms with E-state index in [2.05, 4.69) is 9.97 Å². The Kier molecular flexibility index (Phi) is 4.53. The van der Waals surface area contributed by atoms with Crippen molar-refractivity contribution in [3.8, 4) is 11.6 Å². The maximum atomic E-state index is 12.2. The van der Waals surface area contributed by atoms with E-state index in [0.717, 1.165) is 0 Å². The van der Waals surface area contributed by atoms with E-state index in [1.807, 2.05) is 0 Å². The third-order valence-corrected chi connectivity index (χ3v) is 2.97. The van der Waals surface area contributed by atoms with E-state index in [9.17, 15) is 4.79 Å². The van der Waals surface area contributed by atoms with Gasteiger partial charge in [0.2, 0.25) is 5.88 Å². The van der Waals surface area contributed by atoms with E-state index in [4.69, 9.17) is 21.1 Å². The topological polar surface area (TPSA) is 61.3 Å². The fourth-order valence-corrected chi connectivity index (χ4v) is 1.95. The predicted octanol–water partition coefficient (Wildman–Crippen LogP) is 2.57. The minimum absolute atomic E-state index is 0.143. The molecule has 0 bridgehead atoms. The van der Waals surface area contributed by atoms with Crippen molar-refractivity contribution in [2.24, 2.45) is 0 Å². The van der Waals surface area contributed by atoms with Crippen molar-refractivity contribution in [2.45, 2.75) is 6.42 Å². The molecule has 2 rings (SSSR count). The Labute approximate surface area is 121 Å². The van der Waals surface area contributed by atoms with E-state index in [-0.39, 0.29) is 12.2 Å². The number of halogens is 1. The summed E-state index contributed by atoms with van der Waals surface area (Å²) in [7, 11) is 3.03. The van der Waals surface area contributed by atoms with Crippen molar-refractivity contribution in [3.63, 3.8) is 0 Å². The van der Waals surface area contributed by atoms with Crippen LogP contribution in [0.2, 0.25) is 5.02 Å². The number of benzene rings is 1. The first-order chi connectivity index (χ1) is 9.63. The van der Waals surface area contributed by atoms with Crippen LogP contribution in [0.1, 0.15) is 16.1 Å². The van der Waals surface area contributed by atoms with Gasteiger partial charge in [-0.1, -0.05) is 11.6 Å². The molecule has 104 valence electrons. The number of methoxy groups -OCH3 is 2. The van der Waals surface area contributed by atoms with Gasteiger partial charge >= 0.3 is 0 Å². The van der Waals surface area contributed by atoms with Gasteiger partial charge in [0.25, 0.3) is 0 Å². The lowest BCUT2D eigenvalue weighted by atomic mass is 10.1. The van der Waals surface area contributed by atoms with Crippen LogP contribution in [0, 0.1) is 0 Å². The van der Waals surface area contributed by atoms with Gasteiger partial charge in [0.1, 0.15) is 17.8 Å². The summed E-state index contributed by atoms with van der Waals surface area (Å²) >= 11 is 5.94. The quantitative estimate of drug-likeness (QED) is 0.793. The van der Waals surface area contributed by atoms with Crippen molar-refractivity contribution < 1.29 is 14.3 Å². The summed E-state index contributed by atoms with van der Waals surface area (Å²) in [6.07, 6.45) is 1.44. The van der Waals surface area contributed by atoms with Crippen molar-refractivity contribution >= 4 is 17.4 Å². The van der Waals surface area contributed by atoms with Crippen LogP contribution < -0.4 is 9.47 Å². The molecule has 0 atom stereocenters. The fraction of sp³-hybridized carbons (Fsp3) is 0.214. The monoisotopic (exact) mass is 292 g/mol. The number of aromatic nitrogens is 2. The van der Waals surface area contributed by atoms with Crippen LogP contribution in [0.5, 0.6) is 11.6 Å². The molecule has 1 heterocycles. The number of carbonyl (C=O) groups is 1. The first-order valence-electron chi connectivity index (χ1n) is 5.85. The van der Waals surface area contributed by atoms with Crippen molar-refractivity contribution in [2.75, 3.05) is 14.2 Å². The van der Waals surface area contributed by atoms with Crippen molar-refractivity contribution in [1.29, 1.82) is 0 Å². The normalized spacial score (nSPS) is 10.2. The molecule has 0 radical (unpaired) electrons. The summed E-state index contributed by atoms with van der Waals surface area (Å²) in [6, 6.07) is 6.64. The highest BCUT2D eigenvalue weighted by atomic mass is 35.5. The summed E-state index contributed by atoms with van der Waals surface area (Å²) in [6.45, 7) is 0. The highest BCUT2D eigenvalue weighted by Crippen LogP contribution is 2.24. The Morgan fingerprint density at radius 1 is 1.20 bits per heavy atom. The van der Waals surface area contributed by atoms with Crippen LogP contribution in [-0.4, -0.2) is 30.0 Å². The molecule has 0 unspecified atom stereocenters. The molecule has 0 aliphatic heterocycles. The summed E-state index contributed by atoms with van der Waals surface area (Å²) in [5.74, 6) is 0.802. The molecule has 0 N–H and O–H groups in total. The van der Waals surface area contributed by atoms with Crippen LogP contribution in [0.25, 0.3) is 0 Å². The molecule has 0 aliphatic rings. The van der Waals surface area contributed by atoms with Gasteiger partial charge < -0.3 is 9.47 Å². The zero-order chi connectivity index (χ0) is 14.5. The lowest BCUT2D eigenvalue weighted by Crippen LogP contribution is -2.08. The summed E-state index contributed by atoms with van der Waals surface area (Å²) in [5, 5.41) is 0.550. The number of hydrogen-bond acceptors (Lipinski definition) is 5. The first kappa shape index (κ1) is 14.3. The minimum Gasteiger partial charge on any atom is -0.496 e. The maximum Gasteiger partial charge on any atom is 0.216 e. The van der Waals surface area contributed by atoms with Crippen LogP contribution >= 0.6 is 11.6 Å². The van der Waals surface area contributed by atoms with Gasteiger partial charge in [-0.15, -0.1) is 0 Å². The summed E-state index contributed by atoms with van der Waals surface area (Å²) in [4.78, 5) is 20.0. The van der Waals surface area contributed by atoms with Crippen molar-refractivity contribution in [1.82, 2.24) is 9.97 Å². The van der Waals surface area contributed by atoms with E-state index < -0.39 is 0 Å². The van der Waals surface area contributed by atoms with Crippen LogP contribution in [-0.2, 0) is 6.42 Å². The second kappa shape index (κ2) is 6.34. The fourth-order valence-electron chi connectivity index (χ4n) is 1.75. The second-order valence-corrected chi connectivity index (χ2v) is 4.44. The minimum atomic E-state index is -0.161. The van der Waals surface area contributed by atoms with Gasteiger partial charge in [-0.3, -0.25) is 4.79 Å². The smallest absolute Gasteiger partial charge is 0.216 e. The third-order valence-electron chi connectivity index (χ3n) is 2.73. The standard InChI is InChI=1S/C14H13ClN2O3/c1-19-13-4-3-10(15)5-9(13)6-12(18)11-7-14(20-2)17-8-16-11/h3-5,7-8H,6H2,1-2H3. The van der Waals surface area contributed by atoms with Crippen LogP contribution in [0.4, 0.5) is 0 Å². The van der Waals surface area contributed by atoms with E-state index in [1.54, 1.807) is 25.3 Å². The van der Waals surface area contributed by atoms with Gasteiger partial charge in [-0.2, -0.15) is 0 Å². The van der Waals surface area contributed by atoms with E-state index in [1.165, 1.54) is 19.5 Å². The van der Waals surface area contributed by atoms with E-state index >= 15 is 0 Å². The van der Waals surface area contributed by atoms with Gasteiger partial charge in [0, 0.05) is 23.1 Å². The summed E-state index contributed by atoms with van der Waals surface area (Å²) < 4.78 is 10.2. The Hall–Kier alpha value is -2.14.